The van der Waals surface area contributed by atoms with Gasteiger partial charge in [0.05, 0.1) is 29.9 Å². The van der Waals surface area contributed by atoms with Gasteiger partial charge in [0.15, 0.2) is 0 Å². The van der Waals surface area contributed by atoms with Crippen molar-refractivity contribution in [2.24, 2.45) is 0 Å². The van der Waals surface area contributed by atoms with Gasteiger partial charge in [-0.2, -0.15) is 0 Å². The Balaban J connectivity index is 1.86. The van der Waals surface area contributed by atoms with Crippen LogP contribution in [0.25, 0.3) is 0 Å². The lowest BCUT2D eigenvalue weighted by molar-refractivity contribution is 0.157. The second-order valence-electron chi connectivity index (χ2n) is 4.30. The zero-order valence-electron chi connectivity index (χ0n) is 9.97. The summed E-state index contributed by atoms with van der Waals surface area (Å²) in [5.41, 5.74) is 0.757. The minimum Gasteiger partial charge on any atom is -0.394 e. The van der Waals surface area contributed by atoms with E-state index in [0.29, 0.717) is 18.1 Å². The lowest BCUT2D eigenvalue weighted by atomic mass is 10.2. The molecule has 1 fully saturated rings. The van der Waals surface area contributed by atoms with Crippen LogP contribution in [-0.2, 0) is 6.54 Å². The van der Waals surface area contributed by atoms with Crippen LogP contribution in [-0.4, -0.2) is 40.2 Å². The molecule has 0 saturated carbocycles. The fraction of sp³-hybridized carbons (Fsp3) is 0.500. The Morgan fingerprint density at radius 3 is 3.11 bits per heavy atom. The quantitative estimate of drug-likeness (QED) is 0.872. The monoisotopic (exact) mass is 269 g/mol. The van der Waals surface area contributed by atoms with Crippen LogP contribution >= 0.6 is 11.6 Å². The van der Waals surface area contributed by atoms with Gasteiger partial charge in [-0.05, 0) is 25.0 Å². The normalized spacial score (nSPS) is 19.0. The molecule has 98 valence electrons. The number of hydrogen-bond donors (Lipinski definition) is 2. The number of carbonyl (C=O) groups excluding carboxylic acids is 1. The van der Waals surface area contributed by atoms with Gasteiger partial charge < -0.3 is 15.3 Å². The molecule has 1 unspecified atom stereocenters. The van der Waals surface area contributed by atoms with Crippen molar-refractivity contribution in [2.75, 3.05) is 13.2 Å². The smallest absolute Gasteiger partial charge is 0.318 e. The average Bonchev–Trinajstić information content (AvgIpc) is 2.86. The molecule has 5 nitrogen and oxygen atoms in total. The molecule has 0 bridgehead atoms. The second-order valence-corrected chi connectivity index (χ2v) is 4.73. The van der Waals surface area contributed by atoms with Gasteiger partial charge in [0, 0.05) is 12.7 Å². The Hall–Kier alpha value is -1.33. The minimum absolute atomic E-state index is 0.0205. The lowest BCUT2D eigenvalue weighted by Gasteiger charge is -2.23. The van der Waals surface area contributed by atoms with Crippen molar-refractivity contribution >= 4 is 17.6 Å². The SMILES string of the molecule is O=C(NCc1ccc(Cl)cn1)N1CCCC1CO. The van der Waals surface area contributed by atoms with E-state index in [1.54, 1.807) is 23.2 Å². The number of aliphatic hydroxyl groups excluding tert-OH is 1. The molecule has 0 spiro atoms. The lowest BCUT2D eigenvalue weighted by Crippen LogP contribution is -2.43. The molecule has 2 amide bonds. The van der Waals surface area contributed by atoms with E-state index in [4.69, 9.17) is 16.7 Å². The number of nitrogens with zero attached hydrogens (tertiary/aromatic N) is 2. The molecule has 0 radical (unpaired) electrons. The summed E-state index contributed by atoms with van der Waals surface area (Å²) in [6, 6.07) is 3.31. The van der Waals surface area contributed by atoms with E-state index in [0.717, 1.165) is 18.5 Å². The topological polar surface area (TPSA) is 65.5 Å². The minimum atomic E-state index is -0.150. The highest BCUT2D eigenvalue weighted by Crippen LogP contribution is 2.16. The molecule has 1 atom stereocenters. The number of hydrogen-bond acceptors (Lipinski definition) is 3. The van der Waals surface area contributed by atoms with Gasteiger partial charge in [0.25, 0.3) is 0 Å². The summed E-state index contributed by atoms with van der Waals surface area (Å²) in [7, 11) is 0. The van der Waals surface area contributed by atoms with Gasteiger partial charge in [-0.15, -0.1) is 0 Å². The first-order chi connectivity index (χ1) is 8.70. The molecule has 0 aromatic carbocycles. The molecule has 2 rings (SSSR count). The number of halogens is 1. The number of rotatable bonds is 3. The van der Waals surface area contributed by atoms with E-state index in [2.05, 4.69) is 10.3 Å². The second kappa shape index (κ2) is 6.02. The fourth-order valence-electron chi connectivity index (χ4n) is 2.07. The number of amides is 2. The summed E-state index contributed by atoms with van der Waals surface area (Å²) in [6.45, 7) is 1.09. The average molecular weight is 270 g/mol. The number of urea groups is 1. The first-order valence-corrected chi connectivity index (χ1v) is 6.34. The third-order valence-electron chi connectivity index (χ3n) is 3.06. The summed E-state index contributed by atoms with van der Waals surface area (Å²) in [5, 5.41) is 12.5. The largest absolute Gasteiger partial charge is 0.394 e. The van der Waals surface area contributed by atoms with Crippen LogP contribution in [0.15, 0.2) is 18.3 Å². The molecule has 2 N–H and O–H groups in total. The summed E-state index contributed by atoms with van der Waals surface area (Å²) in [4.78, 5) is 17.7. The van der Waals surface area contributed by atoms with E-state index in [1.807, 2.05) is 0 Å². The number of aliphatic hydroxyl groups is 1. The Morgan fingerprint density at radius 2 is 2.44 bits per heavy atom. The van der Waals surface area contributed by atoms with E-state index < -0.39 is 0 Å². The van der Waals surface area contributed by atoms with Crippen LogP contribution in [0.2, 0.25) is 5.02 Å². The van der Waals surface area contributed by atoms with Crippen molar-refractivity contribution in [2.45, 2.75) is 25.4 Å². The molecule has 1 aromatic heterocycles. The molecule has 1 aromatic rings. The molecular weight excluding hydrogens is 254 g/mol. The molecule has 1 saturated heterocycles. The van der Waals surface area contributed by atoms with Crippen LogP contribution in [0.1, 0.15) is 18.5 Å². The molecular formula is C12H16ClN3O2. The third kappa shape index (κ3) is 3.11. The molecule has 18 heavy (non-hydrogen) atoms. The summed E-state index contributed by atoms with van der Waals surface area (Å²) < 4.78 is 0. The van der Waals surface area contributed by atoms with Crippen molar-refractivity contribution in [3.63, 3.8) is 0 Å². The highest BCUT2D eigenvalue weighted by molar-refractivity contribution is 6.30. The Labute approximate surface area is 111 Å². The van der Waals surface area contributed by atoms with Gasteiger partial charge in [-0.25, -0.2) is 4.79 Å². The van der Waals surface area contributed by atoms with Crippen molar-refractivity contribution in [3.05, 3.63) is 29.0 Å². The van der Waals surface area contributed by atoms with Crippen molar-refractivity contribution in [1.29, 1.82) is 0 Å². The van der Waals surface area contributed by atoms with E-state index in [9.17, 15) is 4.79 Å². The van der Waals surface area contributed by atoms with Crippen LogP contribution in [0.3, 0.4) is 0 Å². The standard InChI is InChI=1S/C12H16ClN3O2/c13-9-3-4-10(14-6-9)7-15-12(18)16-5-1-2-11(16)8-17/h3-4,6,11,17H,1-2,5,7-8H2,(H,15,18). The molecule has 1 aliphatic heterocycles. The van der Waals surface area contributed by atoms with Gasteiger partial charge in [-0.3, -0.25) is 4.98 Å². The molecule has 1 aliphatic rings. The van der Waals surface area contributed by atoms with Crippen LogP contribution < -0.4 is 5.32 Å². The number of carbonyl (C=O) groups is 1. The highest BCUT2D eigenvalue weighted by atomic mass is 35.5. The van der Waals surface area contributed by atoms with Crippen molar-refractivity contribution in [1.82, 2.24) is 15.2 Å². The summed E-state index contributed by atoms with van der Waals surface area (Å²) in [6.07, 6.45) is 3.36. The van der Waals surface area contributed by atoms with Gasteiger partial charge in [0.1, 0.15) is 0 Å². The third-order valence-corrected chi connectivity index (χ3v) is 3.28. The predicted octanol–water partition coefficient (Wildman–Crippen LogP) is 1.40. The van der Waals surface area contributed by atoms with Gasteiger partial charge in [-0.1, -0.05) is 11.6 Å². The van der Waals surface area contributed by atoms with Crippen LogP contribution in [0.5, 0.6) is 0 Å². The highest BCUT2D eigenvalue weighted by Gasteiger charge is 2.27. The van der Waals surface area contributed by atoms with Crippen molar-refractivity contribution < 1.29 is 9.90 Å². The number of pyridine rings is 1. The zero-order valence-corrected chi connectivity index (χ0v) is 10.7. The van der Waals surface area contributed by atoms with E-state index in [1.165, 1.54) is 0 Å². The first-order valence-electron chi connectivity index (χ1n) is 5.96. The first kappa shape index (κ1) is 13.1. The molecule has 2 heterocycles. The van der Waals surface area contributed by atoms with E-state index in [-0.39, 0.29) is 18.7 Å². The summed E-state index contributed by atoms with van der Waals surface area (Å²) >= 11 is 5.73. The van der Waals surface area contributed by atoms with Gasteiger partial charge >= 0.3 is 6.03 Å². The maximum absolute atomic E-state index is 11.9. The Kier molecular flexibility index (Phi) is 4.38. The van der Waals surface area contributed by atoms with Crippen LogP contribution in [0.4, 0.5) is 4.79 Å². The van der Waals surface area contributed by atoms with Crippen LogP contribution in [0, 0.1) is 0 Å². The predicted molar refractivity (Wildman–Crippen MR) is 68.3 cm³/mol. The molecule has 0 aliphatic carbocycles. The number of aromatic nitrogens is 1. The van der Waals surface area contributed by atoms with Gasteiger partial charge in [0.2, 0.25) is 0 Å². The van der Waals surface area contributed by atoms with Crippen molar-refractivity contribution in [3.8, 4) is 0 Å². The maximum atomic E-state index is 11.9. The number of nitrogens with one attached hydrogen (secondary N) is 1. The molecule has 6 heteroatoms. The zero-order chi connectivity index (χ0) is 13.0. The summed E-state index contributed by atoms with van der Waals surface area (Å²) in [5.74, 6) is 0. The Morgan fingerprint density at radius 1 is 1.61 bits per heavy atom. The van der Waals surface area contributed by atoms with E-state index >= 15 is 0 Å². The Bertz CT molecular complexity index is 410. The number of likely N-dealkylation sites (tertiary alicyclic amines) is 1. The fourth-order valence-corrected chi connectivity index (χ4v) is 2.18. The maximum Gasteiger partial charge on any atom is 0.318 e.